The van der Waals surface area contributed by atoms with Gasteiger partial charge in [0, 0.05) is 5.92 Å². The van der Waals surface area contributed by atoms with Gasteiger partial charge < -0.3 is 0 Å². The lowest BCUT2D eigenvalue weighted by atomic mass is 9.67. The molecule has 1 nitrogen and oxygen atoms in total. The van der Waals surface area contributed by atoms with Crippen LogP contribution in [0.2, 0.25) is 0 Å². The number of Topliss-reactive ketones (excluding diaryl/α,β-unsaturated/α-hetero) is 1. The van der Waals surface area contributed by atoms with Gasteiger partial charge in [0.25, 0.3) is 0 Å². The zero-order valence-electron chi connectivity index (χ0n) is 34.2. The van der Waals surface area contributed by atoms with E-state index in [1.54, 1.807) is 0 Å². The number of unbranched alkanes of at least 4 members (excludes halogenated alkanes) is 4. The van der Waals surface area contributed by atoms with Crippen molar-refractivity contribution in [1.29, 1.82) is 0 Å². The molecule has 6 atom stereocenters. The van der Waals surface area contributed by atoms with Gasteiger partial charge >= 0.3 is 0 Å². The van der Waals surface area contributed by atoms with Crippen LogP contribution in [0.5, 0.6) is 0 Å². The second-order valence-corrected chi connectivity index (χ2v) is 20.3. The molecular weight excluding hydrogens is 605 g/mol. The van der Waals surface area contributed by atoms with Gasteiger partial charge in [0.15, 0.2) is 5.78 Å². The largest absolute Gasteiger partial charge is 0.294 e. The summed E-state index contributed by atoms with van der Waals surface area (Å²) in [5, 5.41) is 0. The molecule has 2 fully saturated rings. The molecule has 6 unspecified atom stereocenters. The Hall–Kier alpha value is -2.15. The summed E-state index contributed by atoms with van der Waals surface area (Å²) in [5.41, 5.74) is 9.04. The molecule has 4 rings (SSSR count). The van der Waals surface area contributed by atoms with Crippen molar-refractivity contribution < 1.29 is 4.79 Å². The van der Waals surface area contributed by atoms with Gasteiger partial charge in [-0.25, -0.2) is 0 Å². The van der Waals surface area contributed by atoms with E-state index in [1.807, 2.05) is 0 Å². The third-order valence-electron chi connectivity index (χ3n) is 13.1. The minimum atomic E-state index is 0.00769. The maximum absolute atomic E-state index is 14.0. The molecule has 3 aliphatic carbocycles. The number of carbonyl (C=O) groups excluding carboxylic acids is 1. The van der Waals surface area contributed by atoms with Crippen LogP contribution >= 0.6 is 0 Å². The number of ketones is 1. The highest BCUT2D eigenvalue weighted by Crippen LogP contribution is 2.73. The Labute approximate surface area is 310 Å². The Morgan fingerprint density at radius 3 is 2.04 bits per heavy atom. The third kappa shape index (κ3) is 10.5. The van der Waals surface area contributed by atoms with E-state index in [0.717, 1.165) is 69.3 Å². The fourth-order valence-electron chi connectivity index (χ4n) is 10.5. The first-order chi connectivity index (χ1) is 23.3. The van der Waals surface area contributed by atoms with E-state index in [9.17, 15) is 4.79 Å². The Balaban J connectivity index is 1.45. The lowest BCUT2D eigenvalue weighted by molar-refractivity contribution is -0.119. The predicted octanol–water partition coefficient (Wildman–Crippen LogP) is 14.1. The lowest BCUT2D eigenvalue weighted by Gasteiger charge is -2.37. The van der Waals surface area contributed by atoms with Crippen molar-refractivity contribution in [1.82, 2.24) is 0 Å². The Kier molecular flexibility index (Phi) is 13.5. The monoisotopic (exact) mass is 681 g/mol. The smallest absolute Gasteiger partial charge is 0.161 e. The van der Waals surface area contributed by atoms with Crippen LogP contribution in [0.25, 0.3) is 0 Å². The molecule has 0 aromatic heterocycles. The molecule has 0 spiro atoms. The van der Waals surface area contributed by atoms with Crippen LogP contribution in [-0.2, 0) is 17.6 Å². The highest BCUT2D eigenvalue weighted by atomic mass is 16.1. The van der Waals surface area contributed by atoms with Gasteiger partial charge in [-0.1, -0.05) is 162 Å². The van der Waals surface area contributed by atoms with Crippen molar-refractivity contribution in [3.63, 3.8) is 0 Å². The standard InChI is InChI=1S/C49H76O/c1-14-22-39(46(50)34(3)23-18-16-15-17-21-26-47(6,7)8)28-35(4)44-42(31-43-45(44)49(43,12)13)36(5)41(27-33(2)32-48(9,10)11)40-29-37-24-19-20-25-38(37)30-40/h19-20,24-25,39-45H,2-5,14-18,21-23,26-32H2,1,6-13H3. The molecule has 1 aromatic carbocycles. The molecule has 3 aliphatic rings. The van der Waals surface area contributed by atoms with E-state index in [2.05, 4.69) is 99.7 Å². The summed E-state index contributed by atoms with van der Waals surface area (Å²) in [6.07, 6.45) is 16.6. The van der Waals surface area contributed by atoms with Crippen LogP contribution in [0.15, 0.2) is 72.9 Å². The van der Waals surface area contributed by atoms with E-state index in [1.165, 1.54) is 66.4 Å². The van der Waals surface area contributed by atoms with Gasteiger partial charge in [0.05, 0.1) is 0 Å². The molecule has 0 aliphatic heterocycles. The molecule has 0 heterocycles. The minimum absolute atomic E-state index is 0.00769. The van der Waals surface area contributed by atoms with Crippen molar-refractivity contribution in [2.75, 3.05) is 0 Å². The maximum atomic E-state index is 14.0. The third-order valence-corrected chi connectivity index (χ3v) is 13.1. The molecule has 0 saturated heterocycles. The molecule has 0 N–H and O–H groups in total. The summed E-state index contributed by atoms with van der Waals surface area (Å²) in [4.78, 5) is 14.0. The van der Waals surface area contributed by atoms with Crippen molar-refractivity contribution in [2.24, 2.45) is 57.7 Å². The van der Waals surface area contributed by atoms with Gasteiger partial charge in [0.1, 0.15) is 0 Å². The highest BCUT2D eigenvalue weighted by Gasteiger charge is 2.67. The molecule has 1 aromatic rings. The number of carbonyl (C=O) groups is 1. The number of allylic oxidation sites excluding steroid dienone is 4. The van der Waals surface area contributed by atoms with Crippen molar-refractivity contribution in [3.05, 3.63) is 84.0 Å². The first-order valence-electron chi connectivity index (χ1n) is 20.7. The van der Waals surface area contributed by atoms with Crippen molar-refractivity contribution >= 4 is 5.78 Å². The van der Waals surface area contributed by atoms with Gasteiger partial charge in [-0.3, -0.25) is 4.79 Å². The zero-order chi connectivity index (χ0) is 37.0. The Morgan fingerprint density at radius 2 is 1.46 bits per heavy atom. The highest BCUT2D eigenvalue weighted by molar-refractivity contribution is 5.96. The predicted molar refractivity (Wildman–Crippen MR) is 218 cm³/mol. The summed E-state index contributed by atoms with van der Waals surface area (Å²) < 4.78 is 0. The number of hydrogen-bond acceptors (Lipinski definition) is 1. The Bertz CT molecular complexity index is 1350. The average molecular weight is 681 g/mol. The van der Waals surface area contributed by atoms with E-state index in [0.29, 0.717) is 46.2 Å². The lowest BCUT2D eigenvalue weighted by Crippen LogP contribution is -2.29. The number of benzene rings is 1. The van der Waals surface area contributed by atoms with Gasteiger partial charge in [-0.15, -0.1) is 0 Å². The molecule has 50 heavy (non-hydrogen) atoms. The van der Waals surface area contributed by atoms with Crippen molar-refractivity contribution in [2.45, 2.75) is 159 Å². The van der Waals surface area contributed by atoms with Crippen LogP contribution in [0.1, 0.15) is 157 Å². The molecule has 1 heteroatoms. The van der Waals surface area contributed by atoms with E-state index in [4.69, 9.17) is 13.2 Å². The van der Waals surface area contributed by atoms with Crippen molar-refractivity contribution in [3.8, 4) is 0 Å². The molecular formula is C49H76O. The number of rotatable bonds is 20. The van der Waals surface area contributed by atoms with Crippen LogP contribution in [0.3, 0.4) is 0 Å². The quantitative estimate of drug-likeness (QED) is 0.0761. The van der Waals surface area contributed by atoms with E-state index in [-0.39, 0.29) is 11.3 Å². The fraction of sp³-hybridized carbons (Fsp3) is 0.694. The van der Waals surface area contributed by atoms with E-state index < -0.39 is 0 Å². The molecule has 0 bridgehead atoms. The molecule has 278 valence electrons. The SMILES string of the molecule is C=C(CC(C(=C)C1CC2C(C1C(=C)CC(CCC)C(=O)C(=C)CCCCCCCC(C)(C)C)C2(C)C)C1Cc2ccccc2C1)CC(C)(C)C. The first kappa shape index (κ1) is 40.6. The fourth-order valence-corrected chi connectivity index (χ4v) is 10.5. The second kappa shape index (κ2) is 16.7. The summed E-state index contributed by atoms with van der Waals surface area (Å²) >= 11 is 0. The topological polar surface area (TPSA) is 17.1 Å². The zero-order valence-corrected chi connectivity index (χ0v) is 34.2. The number of fused-ring (bicyclic) bond motifs is 2. The Morgan fingerprint density at radius 1 is 0.860 bits per heavy atom. The summed E-state index contributed by atoms with van der Waals surface area (Å²) in [6.45, 7) is 40.0. The van der Waals surface area contributed by atoms with Crippen LogP contribution in [-0.4, -0.2) is 5.78 Å². The van der Waals surface area contributed by atoms with Crippen LogP contribution < -0.4 is 0 Å². The summed E-state index contributed by atoms with van der Waals surface area (Å²) in [6, 6.07) is 9.08. The van der Waals surface area contributed by atoms with Gasteiger partial charge in [0.2, 0.25) is 0 Å². The van der Waals surface area contributed by atoms with Crippen LogP contribution in [0.4, 0.5) is 0 Å². The van der Waals surface area contributed by atoms with Gasteiger partial charge in [-0.05, 0) is 133 Å². The molecule has 0 radical (unpaired) electrons. The van der Waals surface area contributed by atoms with E-state index >= 15 is 0 Å². The summed E-state index contributed by atoms with van der Waals surface area (Å²) in [7, 11) is 0. The van der Waals surface area contributed by atoms with Gasteiger partial charge in [-0.2, -0.15) is 0 Å². The van der Waals surface area contributed by atoms with Crippen LogP contribution in [0, 0.1) is 57.7 Å². The first-order valence-corrected chi connectivity index (χ1v) is 20.7. The molecule has 2 saturated carbocycles. The summed E-state index contributed by atoms with van der Waals surface area (Å²) in [5.74, 6) is 3.55. The molecule has 0 amide bonds. The average Bonchev–Trinajstić information content (AvgIpc) is 3.38. The number of hydrogen-bond donors (Lipinski definition) is 0. The normalized spacial score (nSPS) is 23.9. The maximum Gasteiger partial charge on any atom is 0.161 e. The minimum Gasteiger partial charge on any atom is -0.294 e. The second-order valence-electron chi connectivity index (χ2n) is 20.3.